The number of likely N-dealkylation sites (N-methyl/N-ethyl adjacent to an activating group) is 1. The Labute approximate surface area is 142 Å². The van der Waals surface area contributed by atoms with Gasteiger partial charge >= 0.3 is 0 Å². The van der Waals surface area contributed by atoms with E-state index < -0.39 is 0 Å². The molecular formula is C18H26N3O3+. The van der Waals surface area contributed by atoms with Gasteiger partial charge in [-0.3, -0.25) is 9.59 Å². The van der Waals surface area contributed by atoms with Crippen LogP contribution in [0.2, 0.25) is 0 Å². The molecule has 0 aliphatic carbocycles. The lowest BCUT2D eigenvalue weighted by Gasteiger charge is -2.16. The minimum absolute atomic E-state index is 0.0550. The zero-order valence-electron chi connectivity index (χ0n) is 14.7. The van der Waals surface area contributed by atoms with Gasteiger partial charge in [0.1, 0.15) is 11.3 Å². The summed E-state index contributed by atoms with van der Waals surface area (Å²) in [4.78, 5) is 24.7. The Balaban J connectivity index is 1.85. The molecule has 3 N–H and O–H groups in total. The van der Waals surface area contributed by atoms with Crippen molar-refractivity contribution in [3.8, 4) is 0 Å². The summed E-state index contributed by atoms with van der Waals surface area (Å²) in [6.07, 6.45) is 0. The number of furan rings is 1. The van der Waals surface area contributed by atoms with Crippen molar-refractivity contribution in [1.82, 2.24) is 10.6 Å². The molecule has 1 aromatic carbocycles. The van der Waals surface area contributed by atoms with E-state index in [-0.39, 0.29) is 37.0 Å². The van der Waals surface area contributed by atoms with Gasteiger partial charge < -0.3 is 20.0 Å². The molecule has 6 heteroatoms. The molecule has 0 radical (unpaired) electrons. The van der Waals surface area contributed by atoms with Gasteiger partial charge in [-0.05, 0) is 32.9 Å². The number of quaternary nitrogens is 1. The fraction of sp³-hybridized carbons (Fsp3) is 0.444. The fourth-order valence-electron chi connectivity index (χ4n) is 2.56. The Morgan fingerprint density at radius 2 is 1.71 bits per heavy atom. The predicted octanol–water partition coefficient (Wildman–Crippen LogP) is 0.649. The molecule has 0 saturated carbocycles. The molecular weight excluding hydrogens is 306 g/mol. The van der Waals surface area contributed by atoms with Crippen LogP contribution in [0.3, 0.4) is 0 Å². The van der Waals surface area contributed by atoms with Crippen molar-refractivity contribution in [2.75, 3.05) is 20.1 Å². The first kappa shape index (κ1) is 18.0. The van der Waals surface area contributed by atoms with Crippen molar-refractivity contribution in [2.45, 2.75) is 32.9 Å². The van der Waals surface area contributed by atoms with Crippen LogP contribution in [0.5, 0.6) is 0 Å². The molecule has 24 heavy (non-hydrogen) atoms. The normalized spacial score (nSPS) is 13.7. The summed E-state index contributed by atoms with van der Waals surface area (Å²) < 4.78 is 5.76. The van der Waals surface area contributed by atoms with E-state index in [1.54, 1.807) is 0 Å². The van der Waals surface area contributed by atoms with Crippen LogP contribution in [0.1, 0.15) is 32.6 Å². The molecule has 0 aliphatic rings. The average Bonchev–Trinajstić information content (AvgIpc) is 2.89. The van der Waals surface area contributed by atoms with Crippen LogP contribution in [-0.4, -0.2) is 38.0 Å². The first-order valence-corrected chi connectivity index (χ1v) is 8.23. The molecule has 0 bridgehead atoms. The number of hydrogen-bond donors (Lipinski definition) is 3. The van der Waals surface area contributed by atoms with E-state index in [4.69, 9.17) is 4.42 Å². The Hall–Kier alpha value is -2.34. The van der Waals surface area contributed by atoms with Crippen LogP contribution in [0.25, 0.3) is 11.0 Å². The summed E-state index contributed by atoms with van der Waals surface area (Å²) in [6, 6.07) is 9.56. The summed E-state index contributed by atoms with van der Waals surface area (Å²) >= 11 is 0. The van der Waals surface area contributed by atoms with Crippen LogP contribution in [0.15, 0.2) is 34.7 Å². The molecule has 6 nitrogen and oxygen atoms in total. The topological polar surface area (TPSA) is 75.8 Å². The smallest absolute Gasteiger partial charge is 0.275 e. The van der Waals surface area contributed by atoms with Crippen molar-refractivity contribution >= 4 is 22.8 Å². The van der Waals surface area contributed by atoms with E-state index in [2.05, 4.69) is 10.6 Å². The largest absolute Gasteiger partial charge is 0.459 e. The van der Waals surface area contributed by atoms with Gasteiger partial charge in [0.2, 0.25) is 0 Å². The van der Waals surface area contributed by atoms with E-state index in [9.17, 15) is 9.59 Å². The van der Waals surface area contributed by atoms with Gasteiger partial charge in [0.25, 0.3) is 11.8 Å². The fourth-order valence-corrected chi connectivity index (χ4v) is 2.56. The SMILES string of the molecule is CC(C)NC(=O)C[NH+](C)CC(=O)N[C@H](C)c1cc2ccccc2o1. The van der Waals surface area contributed by atoms with Gasteiger partial charge in [0, 0.05) is 11.4 Å². The standard InChI is InChI=1S/C18H25N3O3/c1-12(2)19-17(22)10-21(4)11-18(23)20-13(3)16-9-14-7-5-6-8-15(14)24-16/h5-9,12-13H,10-11H2,1-4H3,(H,19,22)(H,20,23)/p+1/t13-/m1/s1. The minimum Gasteiger partial charge on any atom is -0.459 e. The molecule has 2 amide bonds. The third-order valence-corrected chi connectivity index (χ3v) is 3.62. The van der Waals surface area contributed by atoms with Gasteiger partial charge in [0.05, 0.1) is 13.1 Å². The molecule has 1 heterocycles. The second-order valence-corrected chi connectivity index (χ2v) is 6.51. The molecule has 0 aliphatic heterocycles. The maximum atomic E-state index is 12.2. The Bertz CT molecular complexity index is 675. The summed E-state index contributed by atoms with van der Waals surface area (Å²) in [5.41, 5.74) is 0.807. The van der Waals surface area contributed by atoms with Crippen LogP contribution in [0.4, 0.5) is 0 Å². The molecule has 2 atom stereocenters. The first-order valence-electron chi connectivity index (χ1n) is 8.23. The minimum atomic E-state index is -0.220. The number of hydrogen-bond acceptors (Lipinski definition) is 3. The highest BCUT2D eigenvalue weighted by Gasteiger charge is 2.18. The zero-order valence-corrected chi connectivity index (χ0v) is 14.7. The van der Waals surface area contributed by atoms with E-state index in [0.717, 1.165) is 21.6 Å². The summed E-state index contributed by atoms with van der Waals surface area (Å²) in [7, 11) is 1.82. The van der Waals surface area contributed by atoms with Crippen LogP contribution >= 0.6 is 0 Å². The lowest BCUT2D eigenvalue weighted by Crippen LogP contribution is -3.11. The molecule has 2 rings (SSSR count). The Kier molecular flexibility index (Phi) is 5.98. The van der Waals surface area contributed by atoms with Gasteiger partial charge in [0.15, 0.2) is 13.1 Å². The van der Waals surface area contributed by atoms with Crippen molar-refractivity contribution in [3.05, 3.63) is 36.1 Å². The molecule has 1 aromatic heterocycles. The van der Waals surface area contributed by atoms with Crippen LogP contribution in [0, 0.1) is 0 Å². The monoisotopic (exact) mass is 332 g/mol. The van der Waals surface area contributed by atoms with E-state index >= 15 is 0 Å². The number of nitrogens with one attached hydrogen (secondary N) is 3. The van der Waals surface area contributed by atoms with Crippen molar-refractivity contribution in [3.63, 3.8) is 0 Å². The number of carbonyl (C=O) groups excluding carboxylic acids is 2. The third-order valence-electron chi connectivity index (χ3n) is 3.62. The molecule has 130 valence electrons. The molecule has 0 fully saturated rings. The average molecular weight is 332 g/mol. The molecule has 1 unspecified atom stereocenters. The van der Waals surface area contributed by atoms with Crippen molar-refractivity contribution in [1.29, 1.82) is 0 Å². The summed E-state index contributed by atoms with van der Waals surface area (Å²) in [6.45, 7) is 6.21. The number of rotatable bonds is 7. The van der Waals surface area contributed by atoms with Gasteiger partial charge in [-0.2, -0.15) is 0 Å². The quantitative estimate of drug-likeness (QED) is 0.697. The Morgan fingerprint density at radius 1 is 1.08 bits per heavy atom. The van der Waals surface area contributed by atoms with E-state index in [0.29, 0.717) is 0 Å². The number of amides is 2. The van der Waals surface area contributed by atoms with Crippen LogP contribution in [-0.2, 0) is 9.59 Å². The van der Waals surface area contributed by atoms with Crippen molar-refractivity contribution < 1.29 is 18.9 Å². The first-order chi connectivity index (χ1) is 11.3. The van der Waals surface area contributed by atoms with Gasteiger partial charge in [-0.1, -0.05) is 18.2 Å². The van der Waals surface area contributed by atoms with Gasteiger partial charge in [-0.25, -0.2) is 0 Å². The predicted molar refractivity (Wildman–Crippen MR) is 92.7 cm³/mol. The lowest BCUT2D eigenvalue weighted by atomic mass is 10.2. The third kappa shape index (κ3) is 5.09. The second-order valence-electron chi connectivity index (χ2n) is 6.51. The van der Waals surface area contributed by atoms with Crippen molar-refractivity contribution in [2.24, 2.45) is 0 Å². The number of benzene rings is 1. The number of para-hydroxylation sites is 1. The van der Waals surface area contributed by atoms with E-state index in [1.165, 1.54) is 0 Å². The maximum absolute atomic E-state index is 12.2. The summed E-state index contributed by atoms with van der Waals surface area (Å²) in [5, 5.41) is 6.75. The molecule has 0 spiro atoms. The van der Waals surface area contributed by atoms with Crippen LogP contribution < -0.4 is 15.5 Å². The molecule has 0 saturated heterocycles. The zero-order chi connectivity index (χ0) is 17.7. The van der Waals surface area contributed by atoms with Gasteiger partial charge in [-0.15, -0.1) is 0 Å². The highest BCUT2D eigenvalue weighted by molar-refractivity contribution is 5.80. The Morgan fingerprint density at radius 3 is 2.33 bits per heavy atom. The highest BCUT2D eigenvalue weighted by Crippen LogP contribution is 2.23. The summed E-state index contributed by atoms with van der Waals surface area (Å²) in [5.74, 6) is 0.554. The van der Waals surface area contributed by atoms with E-state index in [1.807, 2.05) is 58.2 Å². The maximum Gasteiger partial charge on any atom is 0.275 e. The lowest BCUT2D eigenvalue weighted by molar-refractivity contribution is -0.862. The second kappa shape index (κ2) is 7.97. The number of carbonyl (C=O) groups is 2. The highest BCUT2D eigenvalue weighted by atomic mass is 16.3. The number of fused-ring (bicyclic) bond motifs is 1. The molecule has 2 aromatic rings.